The molecule has 0 aliphatic heterocycles. The van der Waals surface area contributed by atoms with Crippen LogP contribution in [0, 0.1) is 13.8 Å². The molecular weight excluding hydrogens is 898 g/mol. The minimum absolute atomic E-state index is 0. The zero-order valence-electron chi connectivity index (χ0n) is 40.0. The molecule has 6 aromatic heterocycles. The van der Waals surface area contributed by atoms with Gasteiger partial charge in [-0.2, -0.15) is 31.4 Å². The van der Waals surface area contributed by atoms with Gasteiger partial charge in [-0.1, -0.05) is 76.1 Å². The third-order valence-corrected chi connectivity index (χ3v) is 9.58. The number of rotatable bonds is 12. The van der Waals surface area contributed by atoms with Crippen LogP contribution in [0.2, 0.25) is 0 Å². The molecule has 22 nitrogen and oxygen atoms in total. The molecule has 0 fully saturated rings. The maximum absolute atomic E-state index is 12.5. The van der Waals surface area contributed by atoms with Crippen LogP contribution in [-0.4, -0.2) is 87.3 Å². The smallest absolute Gasteiger partial charge is 0.870 e. The molecule has 0 spiro atoms. The molecule has 2 aromatic carbocycles. The first-order valence-corrected chi connectivity index (χ1v) is 20.8. The van der Waals surface area contributed by atoms with Gasteiger partial charge in [0.05, 0.1) is 29.6 Å². The number of anilines is 4. The Labute approximate surface area is 435 Å². The van der Waals surface area contributed by atoms with E-state index in [1.807, 2.05) is 118 Å². The molecule has 0 aliphatic rings. The summed E-state index contributed by atoms with van der Waals surface area (Å²) < 4.78 is 13.4. The normalized spacial score (nSPS) is 10.9. The summed E-state index contributed by atoms with van der Waals surface area (Å²) >= 11 is 0. The van der Waals surface area contributed by atoms with E-state index in [0.717, 1.165) is 44.8 Å². The molecule has 0 saturated carbocycles. The summed E-state index contributed by atoms with van der Waals surface area (Å²) in [6, 6.07) is 12.0. The van der Waals surface area contributed by atoms with E-state index in [-0.39, 0.29) is 85.1 Å². The summed E-state index contributed by atoms with van der Waals surface area (Å²) in [4.78, 5) is 56.4. The summed E-state index contributed by atoms with van der Waals surface area (Å²) in [5.74, 6) is 2.99. The van der Waals surface area contributed by atoms with Crippen molar-refractivity contribution >= 4 is 35.3 Å². The molecule has 6 heterocycles. The van der Waals surface area contributed by atoms with Crippen LogP contribution in [0.3, 0.4) is 0 Å². The van der Waals surface area contributed by atoms with Crippen molar-refractivity contribution in [3.63, 3.8) is 0 Å². The van der Waals surface area contributed by atoms with Gasteiger partial charge < -0.3 is 35.7 Å². The molecule has 350 valence electrons. The molecule has 0 aliphatic carbocycles. The van der Waals surface area contributed by atoms with Crippen LogP contribution in [0.5, 0.6) is 0 Å². The van der Waals surface area contributed by atoms with Gasteiger partial charge in [0, 0.05) is 61.4 Å². The summed E-state index contributed by atoms with van der Waals surface area (Å²) in [6.45, 7) is 16.2. The molecule has 0 bridgehead atoms. The van der Waals surface area contributed by atoms with Gasteiger partial charge in [0.15, 0.2) is 11.6 Å². The monoisotopic (exact) mass is 950 g/mol. The van der Waals surface area contributed by atoms with E-state index in [0.29, 0.717) is 54.7 Å². The van der Waals surface area contributed by atoms with Gasteiger partial charge in [-0.05, 0) is 54.7 Å². The van der Waals surface area contributed by atoms with Gasteiger partial charge in [-0.25, -0.2) is 24.9 Å². The third-order valence-electron chi connectivity index (χ3n) is 9.58. The zero-order valence-corrected chi connectivity index (χ0v) is 43.1. The Hall–Kier alpha value is -6.34. The SMILES string of the molecule is CC(C)(C)c1nc([C-]=O)no1.Cc1cc(-c2ncnc(Nc3cnn(C)c3)n2)ccc1CCC(=O)c1noc(C(C)(C)C)n1.Cc1cc(-c2ncnc(Nc3cnn(C)c3)n2)ccc1CN.[K+].[OH-]. The number of aryl methyl sites for hydroxylation is 5. The molecule has 0 atom stereocenters. The van der Waals surface area contributed by atoms with Gasteiger partial charge in [0.1, 0.15) is 12.7 Å². The van der Waals surface area contributed by atoms with E-state index in [9.17, 15) is 9.59 Å². The summed E-state index contributed by atoms with van der Waals surface area (Å²) in [5, 5.41) is 21.7. The zero-order chi connectivity index (χ0) is 47.6. The van der Waals surface area contributed by atoms with Crippen LogP contribution in [0.15, 0.2) is 82.9 Å². The quantitative estimate of drug-likeness (QED) is 0.0899. The van der Waals surface area contributed by atoms with E-state index in [4.69, 9.17) is 14.8 Å². The Balaban J connectivity index is 0.000000248. The first-order valence-electron chi connectivity index (χ1n) is 20.8. The molecule has 0 amide bonds. The minimum Gasteiger partial charge on any atom is -0.870 e. The van der Waals surface area contributed by atoms with Crippen molar-refractivity contribution in [1.82, 2.24) is 69.7 Å². The Morgan fingerprint density at radius 1 is 0.706 bits per heavy atom. The summed E-state index contributed by atoms with van der Waals surface area (Å²) in [6.07, 6.45) is 12.5. The number of carbonyl (C=O) groups excluding carboxylic acids is 2. The minimum atomic E-state index is -0.291. The number of ketones is 1. The standard InChI is InChI=1S/C23H26N8O2.C15H17N7.C7H9N2O2.K.H2O/c1-14-10-16(19-24-13-25-22(29-19)27-17-11-26-31(5)12-17)7-6-15(14)8-9-18(32)20-28-21(33-30-20)23(2,3)4;1-10-5-11(3-4-12(10)6-16)14-17-9-18-15(21-14)20-13-7-19-22(2)8-13;1-7(2,3)6-8-5(4-10)9-11-6;;/h6-7,10-13H,8-9H2,1-5H3,(H,24,25,27,29);3-5,7-9H,6,16H2,1-2H3,(H,17,18,20,21);1-3H3;;1H2/q;;-1;+1;/p-1. The fourth-order valence-corrected chi connectivity index (χ4v) is 5.97. The predicted octanol–water partition coefficient (Wildman–Crippen LogP) is 3.26. The molecule has 8 rings (SSSR count). The molecule has 68 heavy (non-hydrogen) atoms. The third kappa shape index (κ3) is 15.1. The number of nitrogens with zero attached hydrogens (tertiary/aromatic N) is 14. The Morgan fingerprint density at radius 2 is 1.19 bits per heavy atom. The predicted molar refractivity (Wildman–Crippen MR) is 246 cm³/mol. The maximum atomic E-state index is 12.5. The first-order chi connectivity index (χ1) is 31.4. The number of aromatic nitrogens is 14. The Kier molecular flexibility index (Phi) is 19.2. The van der Waals surface area contributed by atoms with Crippen LogP contribution in [0.1, 0.15) is 98.4 Å². The number of nitrogens with two attached hydrogens (primary N) is 1. The van der Waals surface area contributed by atoms with Gasteiger partial charge in [0.2, 0.25) is 35.3 Å². The Bertz CT molecular complexity index is 2910. The molecule has 5 N–H and O–H groups in total. The van der Waals surface area contributed by atoms with Crippen molar-refractivity contribution in [2.75, 3.05) is 10.6 Å². The largest absolute Gasteiger partial charge is 1.00 e. The summed E-state index contributed by atoms with van der Waals surface area (Å²) in [7, 11) is 3.69. The van der Waals surface area contributed by atoms with Crippen LogP contribution < -0.4 is 67.8 Å². The number of benzene rings is 2. The average molecular weight is 951 g/mol. The first kappa shape index (κ1) is 54.3. The fraction of sp³-hybridized carbons (Fsp3) is 0.333. The van der Waals surface area contributed by atoms with Crippen molar-refractivity contribution in [2.45, 2.75) is 85.6 Å². The number of hydrogen-bond donors (Lipinski definition) is 3. The van der Waals surface area contributed by atoms with Crippen LogP contribution in [0.25, 0.3) is 22.8 Å². The average Bonchev–Trinajstić information content (AvgIpc) is 4.12. The second kappa shape index (κ2) is 24.1. The van der Waals surface area contributed by atoms with Crippen molar-refractivity contribution in [1.29, 1.82) is 0 Å². The van der Waals surface area contributed by atoms with Crippen molar-refractivity contribution in [2.24, 2.45) is 19.8 Å². The van der Waals surface area contributed by atoms with Crippen molar-refractivity contribution in [3.05, 3.63) is 120 Å². The molecule has 0 saturated heterocycles. The second-order valence-electron chi connectivity index (χ2n) is 17.2. The number of hydrogen-bond acceptors (Lipinski definition) is 20. The van der Waals surface area contributed by atoms with Crippen molar-refractivity contribution in [3.8, 4) is 22.8 Å². The second-order valence-corrected chi connectivity index (χ2v) is 17.2. The molecule has 0 radical (unpaired) electrons. The van der Waals surface area contributed by atoms with Gasteiger partial charge in [-0.15, -0.1) is 0 Å². The summed E-state index contributed by atoms with van der Waals surface area (Å²) in [5.41, 5.74) is 13.0. The van der Waals surface area contributed by atoms with E-state index >= 15 is 0 Å². The van der Waals surface area contributed by atoms with Gasteiger partial charge in [0.25, 0.3) is 0 Å². The van der Waals surface area contributed by atoms with Gasteiger partial charge in [-0.3, -0.25) is 14.2 Å². The topological polar surface area (TPSA) is 305 Å². The molecule has 0 unspecified atom stereocenters. The van der Waals surface area contributed by atoms with E-state index < -0.39 is 0 Å². The van der Waals surface area contributed by atoms with E-state index in [1.54, 1.807) is 28.0 Å². The number of Topliss-reactive ketones (excluding diaryl/α,β-unsaturated/α-hetero) is 1. The van der Waals surface area contributed by atoms with Gasteiger partial charge >= 0.3 is 51.4 Å². The molecule has 23 heteroatoms. The molecule has 8 aromatic rings. The fourth-order valence-electron chi connectivity index (χ4n) is 5.97. The van der Waals surface area contributed by atoms with Crippen LogP contribution in [0.4, 0.5) is 23.3 Å². The molecular formula is C45H53KN17O5-. The van der Waals surface area contributed by atoms with Crippen LogP contribution >= 0.6 is 0 Å². The maximum Gasteiger partial charge on any atom is 1.00 e. The van der Waals surface area contributed by atoms with E-state index in [2.05, 4.69) is 71.0 Å². The number of carbonyl (C=O) groups is 1. The van der Waals surface area contributed by atoms with Crippen LogP contribution in [-0.2, 0) is 42.7 Å². The number of nitrogens with one attached hydrogen (secondary N) is 2. The van der Waals surface area contributed by atoms with E-state index in [1.165, 1.54) is 12.7 Å². The Morgan fingerprint density at radius 3 is 1.59 bits per heavy atom. The van der Waals surface area contributed by atoms with Crippen molar-refractivity contribution < 1.29 is 75.5 Å².